The van der Waals surface area contributed by atoms with Gasteiger partial charge in [-0.15, -0.1) is 0 Å². The SMILES string of the molecule is CCCCNC(=O)Cn1ncc2c(C)n(Cc3cccc(Cl)c3)c(C)c2c1=O. The Balaban J connectivity index is 1.93. The van der Waals surface area contributed by atoms with Gasteiger partial charge < -0.3 is 9.88 Å². The molecule has 0 aliphatic rings. The lowest BCUT2D eigenvalue weighted by Crippen LogP contribution is -2.34. The first-order valence-electron chi connectivity index (χ1n) is 9.49. The first kappa shape index (κ1) is 20.1. The highest BCUT2D eigenvalue weighted by molar-refractivity contribution is 6.30. The van der Waals surface area contributed by atoms with E-state index in [-0.39, 0.29) is 18.0 Å². The summed E-state index contributed by atoms with van der Waals surface area (Å²) in [7, 11) is 0. The summed E-state index contributed by atoms with van der Waals surface area (Å²) in [6, 6.07) is 7.68. The number of unbranched alkanes of at least 4 members (excludes halogenated alkanes) is 1. The fourth-order valence-corrected chi connectivity index (χ4v) is 3.62. The molecule has 1 amide bonds. The third-order valence-corrected chi connectivity index (χ3v) is 5.22. The standard InChI is InChI=1S/C21H25ClN4O2/c1-4-5-9-23-19(27)13-26-21(28)20-15(3)25(14(2)18(20)11-24-26)12-16-7-6-8-17(22)10-16/h6-8,10-11H,4-5,9,12-13H2,1-3H3,(H,23,27). The van der Waals surface area contributed by atoms with Gasteiger partial charge in [-0.1, -0.05) is 37.1 Å². The zero-order valence-corrected chi connectivity index (χ0v) is 17.2. The van der Waals surface area contributed by atoms with Gasteiger partial charge in [-0.25, -0.2) is 4.68 Å². The Morgan fingerprint density at radius 3 is 2.75 bits per heavy atom. The number of carbonyl (C=O) groups excluding carboxylic acids is 1. The molecule has 3 rings (SSSR count). The number of nitrogens with one attached hydrogen (secondary N) is 1. The van der Waals surface area contributed by atoms with Crippen molar-refractivity contribution in [2.24, 2.45) is 0 Å². The van der Waals surface area contributed by atoms with Gasteiger partial charge in [0.25, 0.3) is 5.56 Å². The number of halogens is 1. The van der Waals surface area contributed by atoms with Gasteiger partial charge in [0.15, 0.2) is 0 Å². The van der Waals surface area contributed by atoms with Gasteiger partial charge >= 0.3 is 0 Å². The third kappa shape index (κ3) is 4.12. The third-order valence-electron chi connectivity index (χ3n) is 4.98. The number of nitrogens with zero attached hydrogens (tertiary/aromatic N) is 3. The molecule has 1 aromatic carbocycles. The van der Waals surface area contributed by atoms with Gasteiger partial charge in [-0.2, -0.15) is 5.10 Å². The van der Waals surface area contributed by atoms with Crippen LogP contribution in [0.1, 0.15) is 36.7 Å². The molecule has 0 atom stereocenters. The summed E-state index contributed by atoms with van der Waals surface area (Å²) < 4.78 is 3.32. The normalized spacial score (nSPS) is 11.1. The number of rotatable bonds is 7. The predicted molar refractivity (Wildman–Crippen MR) is 112 cm³/mol. The lowest BCUT2D eigenvalue weighted by molar-refractivity contribution is -0.121. The first-order chi connectivity index (χ1) is 13.4. The van der Waals surface area contributed by atoms with Crippen molar-refractivity contribution in [3.05, 3.63) is 62.8 Å². The number of carbonyl (C=O) groups is 1. The molecule has 0 fully saturated rings. The van der Waals surface area contributed by atoms with Crippen LogP contribution in [-0.4, -0.2) is 26.8 Å². The predicted octanol–water partition coefficient (Wildman–Crippen LogP) is 3.43. The summed E-state index contributed by atoms with van der Waals surface area (Å²) in [6.07, 6.45) is 3.59. The van der Waals surface area contributed by atoms with E-state index in [1.807, 2.05) is 38.1 Å². The Morgan fingerprint density at radius 1 is 1.25 bits per heavy atom. The molecule has 0 unspecified atom stereocenters. The monoisotopic (exact) mass is 400 g/mol. The quantitative estimate of drug-likeness (QED) is 0.618. The molecule has 0 aliphatic heterocycles. The van der Waals surface area contributed by atoms with Crippen LogP contribution in [-0.2, 0) is 17.9 Å². The van der Waals surface area contributed by atoms with Gasteiger partial charge in [0.1, 0.15) is 6.54 Å². The molecule has 2 heterocycles. The number of aromatic nitrogens is 3. The molecule has 0 spiro atoms. The number of hydrogen-bond donors (Lipinski definition) is 1. The van der Waals surface area contributed by atoms with Gasteiger partial charge in [0.05, 0.1) is 11.6 Å². The number of fused-ring (bicyclic) bond motifs is 1. The highest BCUT2D eigenvalue weighted by atomic mass is 35.5. The Morgan fingerprint density at radius 2 is 2.04 bits per heavy atom. The van der Waals surface area contributed by atoms with Crippen LogP contribution >= 0.6 is 11.6 Å². The number of aryl methyl sites for hydroxylation is 2. The molecular formula is C21H25ClN4O2. The maximum absolute atomic E-state index is 13.0. The highest BCUT2D eigenvalue weighted by Gasteiger charge is 2.17. The maximum atomic E-state index is 13.0. The summed E-state index contributed by atoms with van der Waals surface area (Å²) in [4.78, 5) is 25.1. The van der Waals surface area contributed by atoms with Crippen molar-refractivity contribution in [3.8, 4) is 0 Å². The zero-order chi connectivity index (χ0) is 20.3. The van der Waals surface area contributed by atoms with Crippen molar-refractivity contribution in [1.82, 2.24) is 19.7 Å². The first-order valence-corrected chi connectivity index (χ1v) is 9.86. The van der Waals surface area contributed by atoms with Gasteiger partial charge in [-0.3, -0.25) is 9.59 Å². The minimum atomic E-state index is -0.242. The summed E-state index contributed by atoms with van der Waals surface area (Å²) in [5.74, 6) is -0.199. The molecule has 1 N–H and O–H groups in total. The summed E-state index contributed by atoms with van der Waals surface area (Å²) in [6.45, 7) is 7.11. The summed E-state index contributed by atoms with van der Waals surface area (Å²) >= 11 is 6.10. The Bertz CT molecular complexity index is 1070. The largest absolute Gasteiger partial charge is 0.354 e. The molecule has 0 bridgehead atoms. The van der Waals surface area contributed by atoms with E-state index in [4.69, 9.17) is 11.6 Å². The van der Waals surface area contributed by atoms with Crippen LogP contribution in [0.4, 0.5) is 0 Å². The number of benzene rings is 1. The Kier molecular flexibility index (Phi) is 6.19. The van der Waals surface area contributed by atoms with Crippen molar-refractivity contribution in [2.45, 2.75) is 46.7 Å². The van der Waals surface area contributed by atoms with Crippen molar-refractivity contribution in [2.75, 3.05) is 6.54 Å². The maximum Gasteiger partial charge on any atom is 0.276 e. The van der Waals surface area contributed by atoms with Gasteiger partial charge in [0, 0.05) is 34.9 Å². The van der Waals surface area contributed by atoms with Crippen LogP contribution in [0.5, 0.6) is 0 Å². The lowest BCUT2D eigenvalue weighted by atomic mass is 10.2. The van der Waals surface area contributed by atoms with Crippen molar-refractivity contribution in [1.29, 1.82) is 0 Å². The van der Waals surface area contributed by atoms with Crippen molar-refractivity contribution in [3.63, 3.8) is 0 Å². The van der Waals surface area contributed by atoms with Crippen molar-refractivity contribution >= 4 is 28.3 Å². The molecule has 148 valence electrons. The topological polar surface area (TPSA) is 68.9 Å². The number of hydrogen-bond acceptors (Lipinski definition) is 3. The molecule has 0 saturated heterocycles. The smallest absolute Gasteiger partial charge is 0.276 e. The second-order valence-electron chi connectivity index (χ2n) is 6.99. The molecule has 6 nitrogen and oxygen atoms in total. The molecule has 0 aliphatic carbocycles. The van der Waals surface area contributed by atoms with E-state index in [0.717, 1.165) is 35.2 Å². The highest BCUT2D eigenvalue weighted by Crippen LogP contribution is 2.23. The molecule has 7 heteroatoms. The Hall–Kier alpha value is -2.60. The van der Waals surface area contributed by atoms with E-state index in [2.05, 4.69) is 21.9 Å². The molecular weight excluding hydrogens is 376 g/mol. The minimum Gasteiger partial charge on any atom is -0.354 e. The fraction of sp³-hybridized carbons (Fsp3) is 0.381. The second-order valence-corrected chi connectivity index (χ2v) is 7.42. The van der Waals surface area contributed by atoms with Gasteiger partial charge in [-0.05, 0) is 38.0 Å². The van der Waals surface area contributed by atoms with Crippen LogP contribution in [0.3, 0.4) is 0 Å². The average molecular weight is 401 g/mol. The zero-order valence-electron chi connectivity index (χ0n) is 16.5. The molecule has 28 heavy (non-hydrogen) atoms. The van der Waals surface area contributed by atoms with Crippen molar-refractivity contribution < 1.29 is 4.79 Å². The average Bonchev–Trinajstić information content (AvgIpc) is 2.89. The molecule has 0 radical (unpaired) electrons. The molecule has 0 saturated carbocycles. The van der Waals surface area contributed by atoms with E-state index in [9.17, 15) is 9.59 Å². The Labute approximate surface area is 169 Å². The minimum absolute atomic E-state index is 0.0730. The second kappa shape index (κ2) is 8.61. The van der Waals surface area contributed by atoms with E-state index in [0.29, 0.717) is 23.5 Å². The summed E-state index contributed by atoms with van der Waals surface area (Å²) in [5.41, 5.74) is 2.65. The van der Waals surface area contributed by atoms with Crippen LogP contribution in [0.15, 0.2) is 35.3 Å². The van der Waals surface area contributed by atoms with E-state index >= 15 is 0 Å². The van der Waals surface area contributed by atoms with Crippen LogP contribution in [0.2, 0.25) is 5.02 Å². The van der Waals surface area contributed by atoms with Crippen LogP contribution in [0.25, 0.3) is 10.8 Å². The molecule has 3 aromatic rings. The van der Waals surface area contributed by atoms with E-state index < -0.39 is 0 Å². The fourth-order valence-electron chi connectivity index (χ4n) is 3.41. The molecule has 2 aromatic heterocycles. The van der Waals surface area contributed by atoms with Crippen LogP contribution in [0, 0.1) is 13.8 Å². The van der Waals surface area contributed by atoms with E-state index in [1.165, 1.54) is 4.68 Å². The summed E-state index contributed by atoms with van der Waals surface area (Å²) in [5, 5.41) is 9.14. The van der Waals surface area contributed by atoms with E-state index in [1.54, 1.807) is 6.20 Å². The lowest BCUT2D eigenvalue weighted by Gasteiger charge is -2.09. The number of amides is 1. The van der Waals surface area contributed by atoms with Crippen LogP contribution < -0.4 is 10.9 Å². The van der Waals surface area contributed by atoms with Gasteiger partial charge in [0.2, 0.25) is 5.91 Å².